The van der Waals surface area contributed by atoms with Gasteiger partial charge in [0.2, 0.25) is 0 Å². The fourth-order valence-electron chi connectivity index (χ4n) is 2.65. The number of hydrogen-bond acceptors (Lipinski definition) is 3. The predicted molar refractivity (Wildman–Crippen MR) is 69.7 cm³/mol. The van der Waals surface area contributed by atoms with Gasteiger partial charge in [0.15, 0.2) is 0 Å². The molecule has 1 saturated heterocycles. The van der Waals surface area contributed by atoms with E-state index in [-0.39, 0.29) is 11.7 Å². The maximum absolute atomic E-state index is 12.0. The number of rotatable bonds is 2. The van der Waals surface area contributed by atoms with Gasteiger partial charge in [0, 0.05) is 19.6 Å². The van der Waals surface area contributed by atoms with E-state index in [2.05, 4.69) is 13.6 Å². The van der Waals surface area contributed by atoms with E-state index in [1.165, 1.54) is 0 Å². The molecule has 0 aromatic heterocycles. The molecule has 0 aromatic carbocycles. The Kier molecular flexibility index (Phi) is 3.27. The summed E-state index contributed by atoms with van der Waals surface area (Å²) in [5.41, 5.74) is 0.0685. The quantitative estimate of drug-likeness (QED) is 0.765. The Morgan fingerprint density at radius 2 is 2.25 bits per heavy atom. The van der Waals surface area contributed by atoms with E-state index < -0.39 is 5.54 Å². The van der Waals surface area contributed by atoms with E-state index in [1.807, 2.05) is 11.8 Å². The SMILES string of the molecule is CCC12CN(PP)CCN1C(=O)C(C)=C2O. The van der Waals surface area contributed by atoms with Crippen LogP contribution in [-0.2, 0) is 4.79 Å². The van der Waals surface area contributed by atoms with Crippen molar-refractivity contribution in [3.05, 3.63) is 11.3 Å². The van der Waals surface area contributed by atoms with Crippen LogP contribution in [-0.4, -0.2) is 45.8 Å². The van der Waals surface area contributed by atoms with Gasteiger partial charge >= 0.3 is 0 Å². The Balaban J connectivity index is 2.38. The fraction of sp³-hybridized carbons (Fsp3) is 0.700. The lowest BCUT2D eigenvalue weighted by Gasteiger charge is -2.46. The van der Waals surface area contributed by atoms with Gasteiger partial charge in [-0.25, -0.2) is 0 Å². The average Bonchev–Trinajstić information content (AvgIpc) is 2.52. The Morgan fingerprint density at radius 3 is 2.81 bits per heavy atom. The molecule has 2 heterocycles. The molecule has 1 fully saturated rings. The molecule has 0 aliphatic carbocycles. The lowest BCUT2D eigenvalue weighted by Crippen LogP contribution is -2.59. The molecule has 3 atom stereocenters. The molecule has 1 N–H and O–H groups in total. The van der Waals surface area contributed by atoms with Crippen LogP contribution >= 0.6 is 17.3 Å². The Morgan fingerprint density at radius 1 is 1.56 bits per heavy atom. The minimum atomic E-state index is -0.455. The molecule has 2 rings (SSSR count). The van der Waals surface area contributed by atoms with Gasteiger partial charge in [-0.05, 0) is 21.8 Å². The van der Waals surface area contributed by atoms with Gasteiger partial charge in [0.1, 0.15) is 11.3 Å². The minimum absolute atomic E-state index is 0.00564. The van der Waals surface area contributed by atoms with Crippen molar-refractivity contribution in [2.24, 2.45) is 0 Å². The highest BCUT2D eigenvalue weighted by molar-refractivity contribution is 8.01. The van der Waals surface area contributed by atoms with Gasteiger partial charge in [0.05, 0.1) is 5.57 Å². The summed E-state index contributed by atoms with van der Waals surface area (Å²) in [6, 6.07) is 0. The predicted octanol–water partition coefficient (Wildman–Crippen LogP) is 1.51. The number of aliphatic hydroxyl groups excluding tert-OH is 1. The molecule has 2 aliphatic rings. The van der Waals surface area contributed by atoms with Gasteiger partial charge in [0.25, 0.3) is 5.91 Å². The zero-order valence-electron chi connectivity index (χ0n) is 9.66. The van der Waals surface area contributed by atoms with E-state index in [9.17, 15) is 9.90 Å². The monoisotopic (exact) mass is 260 g/mol. The van der Waals surface area contributed by atoms with Crippen LogP contribution in [0.3, 0.4) is 0 Å². The van der Waals surface area contributed by atoms with Gasteiger partial charge in [-0.3, -0.25) is 9.46 Å². The molecule has 0 saturated carbocycles. The average molecular weight is 260 g/mol. The van der Waals surface area contributed by atoms with E-state index >= 15 is 0 Å². The third-order valence-electron chi connectivity index (χ3n) is 3.69. The third kappa shape index (κ3) is 1.51. The molecule has 0 spiro atoms. The molecule has 90 valence electrons. The highest BCUT2D eigenvalue weighted by atomic mass is 32.0. The van der Waals surface area contributed by atoms with Crippen molar-refractivity contribution in [2.45, 2.75) is 25.8 Å². The van der Waals surface area contributed by atoms with E-state index in [0.29, 0.717) is 14.0 Å². The summed E-state index contributed by atoms with van der Waals surface area (Å²) in [6.45, 7) is 6.12. The first-order chi connectivity index (χ1) is 7.56. The van der Waals surface area contributed by atoms with Crippen LogP contribution in [0.2, 0.25) is 0 Å². The van der Waals surface area contributed by atoms with E-state index in [1.54, 1.807) is 6.92 Å². The number of aliphatic hydroxyl groups is 1. The maximum Gasteiger partial charge on any atom is 0.253 e. The zero-order valence-corrected chi connectivity index (χ0v) is 11.8. The first-order valence-electron chi connectivity index (χ1n) is 5.50. The largest absolute Gasteiger partial charge is 0.509 e. The summed E-state index contributed by atoms with van der Waals surface area (Å²) in [5, 5.41) is 10.2. The second kappa shape index (κ2) is 4.25. The summed E-state index contributed by atoms with van der Waals surface area (Å²) in [6.07, 6.45) is 0.771. The van der Waals surface area contributed by atoms with Gasteiger partial charge in [-0.1, -0.05) is 15.9 Å². The van der Waals surface area contributed by atoms with Gasteiger partial charge in [-0.2, -0.15) is 0 Å². The number of piperazine rings is 1. The van der Waals surface area contributed by atoms with Crippen LogP contribution in [0, 0.1) is 0 Å². The van der Waals surface area contributed by atoms with Crippen molar-refractivity contribution in [2.75, 3.05) is 19.6 Å². The number of nitrogens with zero attached hydrogens (tertiary/aromatic N) is 2. The highest BCUT2D eigenvalue weighted by Crippen LogP contribution is 2.42. The lowest BCUT2D eigenvalue weighted by molar-refractivity contribution is -0.132. The van der Waals surface area contributed by atoms with Crippen LogP contribution in [0.15, 0.2) is 11.3 Å². The molecule has 0 aromatic rings. The Labute approximate surface area is 100.0 Å². The molecule has 3 unspecified atom stereocenters. The van der Waals surface area contributed by atoms with Crippen molar-refractivity contribution >= 4 is 23.3 Å². The number of fused-ring (bicyclic) bond motifs is 1. The fourth-order valence-corrected chi connectivity index (χ4v) is 3.89. The van der Waals surface area contributed by atoms with Crippen LogP contribution < -0.4 is 0 Å². The topological polar surface area (TPSA) is 43.8 Å². The summed E-state index contributed by atoms with van der Waals surface area (Å²) in [4.78, 5) is 13.8. The number of carbonyl (C=O) groups excluding carboxylic acids is 1. The molecule has 6 heteroatoms. The maximum atomic E-state index is 12.0. The summed E-state index contributed by atoms with van der Waals surface area (Å²) in [5.74, 6) is 0.291. The first kappa shape index (κ1) is 12.3. The molecule has 1 amide bonds. The lowest BCUT2D eigenvalue weighted by atomic mass is 9.91. The molecule has 0 radical (unpaired) electrons. The van der Waals surface area contributed by atoms with Crippen molar-refractivity contribution in [1.82, 2.24) is 9.57 Å². The van der Waals surface area contributed by atoms with Crippen molar-refractivity contribution < 1.29 is 9.90 Å². The third-order valence-corrected chi connectivity index (χ3v) is 5.53. The van der Waals surface area contributed by atoms with E-state index in [4.69, 9.17) is 0 Å². The van der Waals surface area contributed by atoms with Crippen molar-refractivity contribution in [1.29, 1.82) is 0 Å². The standard InChI is InChI=1S/C10H18N2O2P2/c1-3-10-6-11(16-15)4-5-12(10)9(14)7(2)8(10)13/h13,16H,3-6,15H2,1-2H3. The second-order valence-electron chi connectivity index (χ2n) is 4.37. The highest BCUT2D eigenvalue weighted by Gasteiger charge is 2.52. The van der Waals surface area contributed by atoms with E-state index in [0.717, 1.165) is 26.1 Å². The number of amides is 1. The van der Waals surface area contributed by atoms with Crippen LogP contribution in [0.4, 0.5) is 0 Å². The Hall–Kier alpha value is -0.170. The number of carbonyl (C=O) groups is 1. The number of hydrogen-bond donors (Lipinski definition) is 1. The zero-order chi connectivity index (χ0) is 11.9. The van der Waals surface area contributed by atoms with Crippen LogP contribution in [0.25, 0.3) is 0 Å². The van der Waals surface area contributed by atoms with Crippen molar-refractivity contribution in [3.8, 4) is 0 Å². The first-order valence-corrected chi connectivity index (χ1v) is 8.26. The molecule has 16 heavy (non-hydrogen) atoms. The van der Waals surface area contributed by atoms with Crippen molar-refractivity contribution in [3.63, 3.8) is 0 Å². The summed E-state index contributed by atoms with van der Waals surface area (Å²) < 4.78 is 2.28. The molecule has 4 nitrogen and oxygen atoms in total. The normalized spacial score (nSPS) is 31.9. The smallest absolute Gasteiger partial charge is 0.253 e. The summed E-state index contributed by atoms with van der Waals surface area (Å²) in [7, 11) is 3.38. The Bertz CT molecular complexity index is 359. The summed E-state index contributed by atoms with van der Waals surface area (Å²) >= 11 is 0. The van der Waals surface area contributed by atoms with Gasteiger partial charge < -0.3 is 10.0 Å². The van der Waals surface area contributed by atoms with Crippen LogP contribution in [0.1, 0.15) is 20.3 Å². The second-order valence-corrected chi connectivity index (χ2v) is 6.03. The van der Waals surface area contributed by atoms with Gasteiger partial charge in [-0.15, -0.1) is 0 Å². The van der Waals surface area contributed by atoms with Crippen LogP contribution in [0.5, 0.6) is 0 Å². The molecule has 0 bridgehead atoms. The molecular weight excluding hydrogens is 242 g/mol. The minimum Gasteiger partial charge on any atom is -0.509 e. The molecule has 2 aliphatic heterocycles. The molecular formula is C10H18N2O2P2.